The van der Waals surface area contributed by atoms with Gasteiger partial charge in [-0.05, 0) is 17.4 Å². The molecule has 2 unspecified atom stereocenters. The highest BCUT2D eigenvalue weighted by molar-refractivity contribution is 5.49. The van der Waals surface area contributed by atoms with Crippen LogP contribution < -0.4 is 15.0 Å². The van der Waals surface area contributed by atoms with Crippen LogP contribution in [0.4, 0.5) is 5.69 Å². The first-order valence-electron chi connectivity index (χ1n) is 7.96. The number of fused-ring (bicyclic) bond motifs is 1. The fourth-order valence-corrected chi connectivity index (χ4v) is 3.47. The van der Waals surface area contributed by atoms with E-state index in [1.54, 1.807) is 6.20 Å². The van der Waals surface area contributed by atoms with E-state index >= 15 is 0 Å². The van der Waals surface area contributed by atoms with Crippen molar-refractivity contribution in [3.05, 3.63) is 54.4 Å². The van der Waals surface area contributed by atoms with Crippen LogP contribution in [0.5, 0.6) is 5.75 Å². The van der Waals surface area contributed by atoms with Crippen LogP contribution in [0.1, 0.15) is 5.56 Å². The number of ether oxygens (including phenoxy) is 1. The second-order valence-electron chi connectivity index (χ2n) is 6.24. The summed E-state index contributed by atoms with van der Waals surface area (Å²) in [5, 5.41) is 3.48. The zero-order valence-electron chi connectivity index (χ0n) is 12.6. The fourth-order valence-electron chi connectivity index (χ4n) is 3.47. The number of aromatic nitrogens is 1. The minimum atomic E-state index is 0.584. The van der Waals surface area contributed by atoms with Crippen molar-refractivity contribution in [2.24, 2.45) is 11.8 Å². The molecule has 0 spiro atoms. The Morgan fingerprint density at radius 3 is 2.64 bits per heavy atom. The smallest absolute Gasteiger partial charge is 0.140 e. The van der Waals surface area contributed by atoms with Gasteiger partial charge in [0.1, 0.15) is 12.4 Å². The van der Waals surface area contributed by atoms with Crippen molar-refractivity contribution in [2.45, 2.75) is 6.61 Å². The highest BCUT2D eigenvalue weighted by atomic mass is 16.5. The van der Waals surface area contributed by atoms with Crippen LogP contribution in [0, 0.1) is 11.8 Å². The molecule has 2 atom stereocenters. The monoisotopic (exact) mass is 295 g/mol. The molecular weight excluding hydrogens is 274 g/mol. The maximum Gasteiger partial charge on any atom is 0.140 e. The van der Waals surface area contributed by atoms with Gasteiger partial charge in [-0.3, -0.25) is 4.98 Å². The van der Waals surface area contributed by atoms with Crippen LogP contribution >= 0.6 is 0 Å². The van der Waals surface area contributed by atoms with Crippen molar-refractivity contribution in [3.63, 3.8) is 0 Å². The van der Waals surface area contributed by atoms with Crippen molar-refractivity contribution in [3.8, 4) is 5.75 Å². The topological polar surface area (TPSA) is 37.4 Å². The molecular formula is C18H21N3O. The largest absolute Gasteiger partial charge is 0.487 e. The first-order chi connectivity index (χ1) is 10.9. The Morgan fingerprint density at radius 1 is 1.09 bits per heavy atom. The third kappa shape index (κ3) is 2.79. The predicted molar refractivity (Wildman–Crippen MR) is 87.1 cm³/mol. The summed E-state index contributed by atoms with van der Waals surface area (Å²) in [6, 6.07) is 12.3. The molecule has 114 valence electrons. The SMILES string of the molecule is c1ccc(COc2cncc(N3CC4CNCC4C3)c2)cc1. The minimum Gasteiger partial charge on any atom is -0.487 e. The highest BCUT2D eigenvalue weighted by Crippen LogP contribution is 2.31. The lowest BCUT2D eigenvalue weighted by atomic mass is 10.0. The standard InChI is InChI=1S/C18H21N3O/c1-2-4-14(5-3-1)13-22-18-6-17(9-20-10-18)21-11-15-7-19-8-16(15)12-21/h1-6,9-10,15-16,19H,7-8,11-13H2. The van der Waals surface area contributed by atoms with Crippen LogP contribution in [-0.4, -0.2) is 31.2 Å². The Bertz CT molecular complexity index is 619. The summed E-state index contributed by atoms with van der Waals surface area (Å²) in [6.45, 7) is 5.14. The number of benzene rings is 1. The Hall–Kier alpha value is -2.07. The second-order valence-corrected chi connectivity index (χ2v) is 6.24. The number of rotatable bonds is 4. The van der Waals surface area contributed by atoms with Gasteiger partial charge in [-0.1, -0.05) is 30.3 Å². The molecule has 4 heteroatoms. The molecule has 0 bridgehead atoms. The number of nitrogens with one attached hydrogen (secondary N) is 1. The summed E-state index contributed by atoms with van der Waals surface area (Å²) in [5.74, 6) is 2.42. The maximum absolute atomic E-state index is 5.88. The van der Waals surface area contributed by atoms with Crippen LogP contribution in [0.15, 0.2) is 48.8 Å². The molecule has 1 aromatic carbocycles. The van der Waals surface area contributed by atoms with Gasteiger partial charge in [-0.15, -0.1) is 0 Å². The number of hydrogen-bond acceptors (Lipinski definition) is 4. The molecule has 4 nitrogen and oxygen atoms in total. The summed E-state index contributed by atoms with van der Waals surface area (Å²) < 4.78 is 5.88. The molecule has 0 amide bonds. The van der Waals surface area contributed by atoms with Gasteiger partial charge in [0.25, 0.3) is 0 Å². The van der Waals surface area contributed by atoms with E-state index in [4.69, 9.17) is 4.74 Å². The lowest BCUT2D eigenvalue weighted by molar-refractivity contribution is 0.305. The molecule has 0 radical (unpaired) electrons. The predicted octanol–water partition coefficient (Wildman–Crippen LogP) is 2.32. The van der Waals surface area contributed by atoms with Gasteiger partial charge in [-0.2, -0.15) is 0 Å². The van der Waals surface area contributed by atoms with Crippen molar-refractivity contribution in [1.29, 1.82) is 0 Å². The highest BCUT2D eigenvalue weighted by Gasteiger charge is 2.36. The molecule has 2 fully saturated rings. The van der Waals surface area contributed by atoms with Crippen molar-refractivity contribution in [1.82, 2.24) is 10.3 Å². The Morgan fingerprint density at radius 2 is 1.86 bits per heavy atom. The molecule has 1 aromatic heterocycles. The van der Waals surface area contributed by atoms with Crippen molar-refractivity contribution in [2.75, 3.05) is 31.1 Å². The number of nitrogens with zero attached hydrogens (tertiary/aromatic N) is 2. The van der Waals surface area contributed by atoms with Crippen molar-refractivity contribution >= 4 is 5.69 Å². The fraction of sp³-hybridized carbons (Fsp3) is 0.389. The molecule has 4 rings (SSSR count). The molecule has 2 aliphatic heterocycles. The van der Waals surface area contributed by atoms with E-state index in [9.17, 15) is 0 Å². The summed E-state index contributed by atoms with van der Waals surface area (Å²) in [6.07, 6.45) is 3.74. The normalized spacial score (nSPS) is 23.5. The van der Waals surface area contributed by atoms with E-state index in [-0.39, 0.29) is 0 Å². The molecule has 2 aromatic rings. The third-order valence-corrected chi connectivity index (χ3v) is 4.70. The maximum atomic E-state index is 5.88. The van der Waals surface area contributed by atoms with E-state index in [0.29, 0.717) is 6.61 Å². The minimum absolute atomic E-state index is 0.584. The van der Waals surface area contributed by atoms with Gasteiger partial charge < -0.3 is 15.0 Å². The van der Waals surface area contributed by atoms with E-state index < -0.39 is 0 Å². The van der Waals surface area contributed by atoms with Crippen molar-refractivity contribution < 1.29 is 4.74 Å². The van der Waals surface area contributed by atoms with Crippen LogP contribution in [0.25, 0.3) is 0 Å². The Kier molecular flexibility index (Phi) is 3.69. The molecule has 2 aliphatic rings. The van der Waals surface area contributed by atoms with E-state index in [1.165, 1.54) is 11.3 Å². The van der Waals surface area contributed by atoms with Gasteiger partial charge in [-0.25, -0.2) is 0 Å². The summed E-state index contributed by atoms with van der Waals surface area (Å²) in [4.78, 5) is 6.80. The first-order valence-corrected chi connectivity index (χ1v) is 7.96. The lowest BCUT2D eigenvalue weighted by Gasteiger charge is -2.20. The first kappa shape index (κ1) is 13.6. The van der Waals surface area contributed by atoms with Gasteiger partial charge in [0.15, 0.2) is 0 Å². The molecule has 1 N–H and O–H groups in total. The summed E-state index contributed by atoms with van der Waals surface area (Å²) in [7, 11) is 0. The van der Waals surface area contributed by atoms with Gasteiger partial charge in [0.2, 0.25) is 0 Å². The van der Waals surface area contributed by atoms with Crippen LogP contribution in [0.3, 0.4) is 0 Å². The number of anilines is 1. The Labute approximate surface area is 131 Å². The average Bonchev–Trinajstić information content (AvgIpc) is 3.16. The third-order valence-electron chi connectivity index (χ3n) is 4.70. The molecule has 0 saturated carbocycles. The molecule has 2 saturated heterocycles. The average molecular weight is 295 g/mol. The van der Waals surface area contributed by atoms with Gasteiger partial charge in [0, 0.05) is 32.2 Å². The lowest BCUT2D eigenvalue weighted by Crippen LogP contribution is -2.25. The summed E-state index contributed by atoms with van der Waals surface area (Å²) in [5.41, 5.74) is 2.36. The summed E-state index contributed by atoms with van der Waals surface area (Å²) >= 11 is 0. The zero-order valence-corrected chi connectivity index (χ0v) is 12.6. The van der Waals surface area contributed by atoms with E-state index in [1.807, 2.05) is 24.4 Å². The van der Waals surface area contributed by atoms with E-state index in [0.717, 1.165) is 43.8 Å². The quantitative estimate of drug-likeness (QED) is 0.939. The molecule has 22 heavy (non-hydrogen) atoms. The molecule has 3 heterocycles. The zero-order chi connectivity index (χ0) is 14.8. The van der Waals surface area contributed by atoms with Crippen LogP contribution in [0.2, 0.25) is 0 Å². The Balaban J connectivity index is 1.42. The van der Waals surface area contributed by atoms with E-state index in [2.05, 4.69) is 33.4 Å². The van der Waals surface area contributed by atoms with Crippen LogP contribution in [-0.2, 0) is 6.61 Å². The number of pyridine rings is 1. The molecule has 0 aliphatic carbocycles. The second kappa shape index (κ2) is 5.97. The van der Waals surface area contributed by atoms with Gasteiger partial charge in [0.05, 0.1) is 18.1 Å². The number of hydrogen-bond donors (Lipinski definition) is 1. The van der Waals surface area contributed by atoms with Gasteiger partial charge >= 0.3 is 0 Å².